The minimum absolute atomic E-state index is 0.0555. The Labute approximate surface area is 212 Å². The number of halogens is 1. The third-order valence-electron chi connectivity index (χ3n) is 8.49. The first-order chi connectivity index (χ1) is 17.4. The van der Waals surface area contributed by atoms with E-state index < -0.39 is 15.3 Å². The highest BCUT2D eigenvalue weighted by Gasteiger charge is 2.43. The lowest BCUT2D eigenvalue weighted by molar-refractivity contribution is 0.270. The summed E-state index contributed by atoms with van der Waals surface area (Å²) in [5.74, 6) is 0.624. The zero-order chi connectivity index (χ0) is 24.9. The molecule has 2 aliphatic heterocycles. The molecule has 3 heterocycles. The van der Waals surface area contributed by atoms with Crippen molar-refractivity contribution < 1.29 is 12.8 Å². The van der Waals surface area contributed by atoms with Gasteiger partial charge in [-0.25, -0.2) is 12.8 Å². The molecule has 2 bridgehead atoms. The molecule has 2 unspecified atom stereocenters. The summed E-state index contributed by atoms with van der Waals surface area (Å²) in [6, 6.07) is 14.9. The maximum Gasteiger partial charge on any atom is 0.221 e. The number of benzene rings is 2. The molecule has 3 fully saturated rings. The van der Waals surface area contributed by atoms with Crippen LogP contribution in [0, 0.1) is 17.7 Å². The predicted molar refractivity (Wildman–Crippen MR) is 136 cm³/mol. The SMILES string of the molecule is C[C@H]1CC[C@@H](c2ccccc2)S(=O)(=O)N1Cc1ccc(N2CC3CC[C@@H](C2)C3n2cnnc2)cc1F. The van der Waals surface area contributed by atoms with E-state index in [1.807, 2.05) is 43.3 Å². The summed E-state index contributed by atoms with van der Waals surface area (Å²) in [5.41, 5.74) is 2.09. The molecule has 7 nitrogen and oxygen atoms in total. The fraction of sp³-hybridized carbons (Fsp3) is 0.481. The van der Waals surface area contributed by atoms with E-state index in [2.05, 4.69) is 19.7 Å². The molecule has 1 aromatic heterocycles. The van der Waals surface area contributed by atoms with Crippen molar-refractivity contribution in [3.63, 3.8) is 0 Å². The van der Waals surface area contributed by atoms with Crippen molar-refractivity contribution in [2.24, 2.45) is 11.8 Å². The third kappa shape index (κ3) is 4.12. The van der Waals surface area contributed by atoms with E-state index in [0.717, 1.165) is 43.6 Å². The van der Waals surface area contributed by atoms with Gasteiger partial charge in [-0.05, 0) is 62.1 Å². The van der Waals surface area contributed by atoms with Crippen LogP contribution in [0.1, 0.15) is 55.0 Å². The summed E-state index contributed by atoms with van der Waals surface area (Å²) in [5, 5.41) is 7.38. The lowest BCUT2D eigenvalue weighted by Crippen LogP contribution is -2.45. The third-order valence-corrected chi connectivity index (χ3v) is 10.9. The summed E-state index contributed by atoms with van der Waals surface area (Å²) >= 11 is 0. The largest absolute Gasteiger partial charge is 0.371 e. The number of aromatic nitrogens is 3. The molecule has 1 aliphatic carbocycles. The Kier molecular flexibility index (Phi) is 6.08. The Morgan fingerprint density at radius 2 is 1.64 bits per heavy atom. The standard InChI is InChI=1S/C27H32FN5O2S/c1-19-7-12-26(20-5-3-2-4-6-20)36(34,35)33(19)16-21-10-11-24(13-25(21)28)31-14-22-8-9-23(15-31)27(22)32-17-29-30-18-32/h2-6,10-11,13,17-19,22-23,26-27H,7-9,12,14-16H2,1H3/t19-,22-,23?,26-,27?/m0/s1. The maximum absolute atomic E-state index is 15.4. The van der Waals surface area contributed by atoms with Gasteiger partial charge >= 0.3 is 0 Å². The second-order valence-corrected chi connectivity index (χ2v) is 12.7. The zero-order valence-corrected chi connectivity index (χ0v) is 21.3. The second kappa shape index (κ2) is 9.27. The highest BCUT2D eigenvalue weighted by atomic mass is 32.2. The Morgan fingerprint density at radius 3 is 2.31 bits per heavy atom. The summed E-state index contributed by atoms with van der Waals surface area (Å²) in [4.78, 5) is 2.28. The summed E-state index contributed by atoms with van der Waals surface area (Å²) in [7, 11) is -3.60. The van der Waals surface area contributed by atoms with Gasteiger partial charge in [0.15, 0.2) is 0 Å². The summed E-state index contributed by atoms with van der Waals surface area (Å²) < 4.78 is 46.1. The van der Waals surface area contributed by atoms with Crippen LogP contribution < -0.4 is 4.90 Å². The number of piperidine rings is 1. The van der Waals surface area contributed by atoms with E-state index in [-0.39, 0.29) is 18.4 Å². The van der Waals surface area contributed by atoms with Crippen LogP contribution in [-0.4, -0.2) is 46.6 Å². The van der Waals surface area contributed by atoms with Crippen LogP contribution >= 0.6 is 0 Å². The van der Waals surface area contributed by atoms with Crippen molar-refractivity contribution in [1.82, 2.24) is 19.1 Å². The van der Waals surface area contributed by atoms with E-state index in [4.69, 9.17) is 0 Å². The molecule has 3 aliphatic rings. The number of nitrogens with zero attached hydrogens (tertiary/aromatic N) is 5. The Balaban J connectivity index is 1.20. The van der Waals surface area contributed by atoms with Gasteiger partial charge in [-0.2, -0.15) is 4.31 Å². The highest BCUT2D eigenvalue weighted by Crippen LogP contribution is 2.46. The molecule has 0 N–H and O–H groups in total. The van der Waals surface area contributed by atoms with E-state index in [0.29, 0.717) is 29.9 Å². The molecular weight excluding hydrogens is 477 g/mol. The molecule has 3 aromatic rings. The minimum atomic E-state index is -3.60. The highest BCUT2D eigenvalue weighted by molar-refractivity contribution is 7.89. The maximum atomic E-state index is 15.4. The number of hydrogen-bond acceptors (Lipinski definition) is 5. The number of hydrogen-bond donors (Lipinski definition) is 0. The van der Waals surface area contributed by atoms with Gasteiger partial charge in [0.1, 0.15) is 23.7 Å². The smallest absolute Gasteiger partial charge is 0.221 e. The molecule has 0 spiro atoms. The molecule has 2 saturated heterocycles. The van der Waals surface area contributed by atoms with Gasteiger partial charge < -0.3 is 9.47 Å². The quantitative estimate of drug-likeness (QED) is 0.504. The van der Waals surface area contributed by atoms with Crippen molar-refractivity contribution in [1.29, 1.82) is 0 Å². The lowest BCUT2D eigenvalue weighted by atomic mass is 9.91. The molecule has 1 saturated carbocycles. The Bertz CT molecular complexity index is 1300. The number of rotatable bonds is 5. The summed E-state index contributed by atoms with van der Waals surface area (Å²) in [6.45, 7) is 3.71. The minimum Gasteiger partial charge on any atom is -0.371 e. The van der Waals surface area contributed by atoms with Crippen LogP contribution in [0.25, 0.3) is 0 Å². The van der Waals surface area contributed by atoms with E-state index >= 15 is 4.39 Å². The Morgan fingerprint density at radius 1 is 0.944 bits per heavy atom. The van der Waals surface area contributed by atoms with Crippen LogP contribution in [0.15, 0.2) is 61.2 Å². The normalized spacial score (nSPS) is 29.9. The van der Waals surface area contributed by atoms with Crippen molar-refractivity contribution in [2.75, 3.05) is 18.0 Å². The van der Waals surface area contributed by atoms with Gasteiger partial charge in [0.2, 0.25) is 10.0 Å². The van der Waals surface area contributed by atoms with Gasteiger partial charge in [0.25, 0.3) is 0 Å². The van der Waals surface area contributed by atoms with Crippen molar-refractivity contribution in [3.8, 4) is 0 Å². The average molecular weight is 510 g/mol. The van der Waals surface area contributed by atoms with E-state index in [9.17, 15) is 8.42 Å². The monoisotopic (exact) mass is 509 g/mol. The first kappa shape index (κ1) is 23.6. The fourth-order valence-electron chi connectivity index (χ4n) is 6.64. The van der Waals surface area contributed by atoms with Gasteiger partial charge in [-0.3, -0.25) is 0 Å². The first-order valence-electron chi connectivity index (χ1n) is 12.8. The van der Waals surface area contributed by atoms with Gasteiger partial charge in [0.05, 0.1) is 0 Å². The molecule has 190 valence electrons. The van der Waals surface area contributed by atoms with Crippen molar-refractivity contribution in [2.45, 2.75) is 56.5 Å². The summed E-state index contributed by atoms with van der Waals surface area (Å²) in [6.07, 6.45) is 7.24. The molecule has 36 heavy (non-hydrogen) atoms. The van der Waals surface area contributed by atoms with Crippen LogP contribution in [0.3, 0.4) is 0 Å². The molecule has 0 radical (unpaired) electrons. The van der Waals surface area contributed by atoms with Crippen LogP contribution in [-0.2, 0) is 16.6 Å². The molecule has 0 amide bonds. The van der Waals surface area contributed by atoms with Gasteiger partial charge in [-0.15, -0.1) is 10.2 Å². The second-order valence-electron chi connectivity index (χ2n) is 10.6. The van der Waals surface area contributed by atoms with Crippen molar-refractivity contribution in [3.05, 3.63) is 78.1 Å². The average Bonchev–Trinajstić information content (AvgIpc) is 3.48. The number of anilines is 1. The number of fused-ring (bicyclic) bond motifs is 2. The number of sulfonamides is 1. The fourth-order valence-corrected chi connectivity index (χ4v) is 8.82. The molecule has 2 aromatic carbocycles. The molecule has 6 rings (SSSR count). The van der Waals surface area contributed by atoms with Crippen molar-refractivity contribution >= 4 is 15.7 Å². The lowest BCUT2D eigenvalue weighted by Gasteiger charge is -2.40. The van der Waals surface area contributed by atoms with Gasteiger partial charge in [0, 0.05) is 43.0 Å². The molecule has 9 heteroatoms. The van der Waals surface area contributed by atoms with Crippen LogP contribution in [0.5, 0.6) is 0 Å². The zero-order valence-electron chi connectivity index (χ0n) is 20.4. The van der Waals surface area contributed by atoms with Gasteiger partial charge in [-0.1, -0.05) is 36.4 Å². The predicted octanol–water partition coefficient (Wildman–Crippen LogP) is 4.56. The van der Waals surface area contributed by atoms with Crippen LogP contribution in [0.4, 0.5) is 10.1 Å². The Hall–Kier alpha value is -2.78. The molecule has 5 atom stereocenters. The first-order valence-corrected chi connectivity index (χ1v) is 14.3. The van der Waals surface area contributed by atoms with E-state index in [1.54, 1.807) is 24.8 Å². The van der Waals surface area contributed by atoms with E-state index in [1.165, 1.54) is 4.31 Å². The molecular formula is C27H32FN5O2S. The van der Waals surface area contributed by atoms with Crippen LogP contribution in [0.2, 0.25) is 0 Å². The topological polar surface area (TPSA) is 71.3 Å².